The van der Waals surface area contributed by atoms with Crippen molar-refractivity contribution >= 4 is 11.6 Å². The number of tetrazole rings is 1. The highest BCUT2D eigenvalue weighted by Gasteiger charge is 2.17. The van der Waals surface area contributed by atoms with Crippen LogP contribution in [0.15, 0.2) is 41.2 Å². The molecular weight excluding hydrogens is 444 g/mol. The lowest BCUT2D eigenvalue weighted by Gasteiger charge is -2.14. The fraction of sp³-hybridized carbons (Fsp3) is 0.304. The fourth-order valence-corrected chi connectivity index (χ4v) is 3.91. The molecular formula is C23H25ClN6O3. The molecule has 0 N–H and O–H groups in total. The molecule has 33 heavy (non-hydrogen) atoms. The zero-order valence-electron chi connectivity index (χ0n) is 19.2. The summed E-state index contributed by atoms with van der Waals surface area (Å²) in [5, 5.41) is 12.8. The second-order valence-corrected chi connectivity index (χ2v) is 8.05. The topological polar surface area (TPSA) is 89.0 Å². The van der Waals surface area contributed by atoms with Gasteiger partial charge in [-0.1, -0.05) is 17.7 Å². The normalized spacial score (nSPS) is 11.1. The van der Waals surface area contributed by atoms with Crippen LogP contribution in [0.3, 0.4) is 0 Å². The Labute approximate surface area is 196 Å². The first-order chi connectivity index (χ1) is 15.8. The lowest BCUT2D eigenvalue weighted by Crippen LogP contribution is -2.23. The Bertz CT molecular complexity index is 1370. The number of hydrogen-bond donors (Lipinski definition) is 0. The molecule has 0 aliphatic carbocycles. The summed E-state index contributed by atoms with van der Waals surface area (Å²) >= 11 is 6.44. The SMILES string of the molecule is CCOc1c(C)c(-c2ccc(OCc3c(Cl)cccc3-n3nnn(C)c3=O)c(C)c2)nn1C. The van der Waals surface area contributed by atoms with Crippen molar-refractivity contribution in [3.05, 3.63) is 68.6 Å². The summed E-state index contributed by atoms with van der Waals surface area (Å²) in [6, 6.07) is 11.2. The van der Waals surface area contributed by atoms with E-state index in [0.29, 0.717) is 28.6 Å². The van der Waals surface area contributed by atoms with Crippen LogP contribution in [-0.2, 0) is 20.7 Å². The molecule has 0 amide bonds. The zero-order valence-corrected chi connectivity index (χ0v) is 19.9. The van der Waals surface area contributed by atoms with E-state index in [0.717, 1.165) is 32.9 Å². The first-order valence-corrected chi connectivity index (χ1v) is 10.9. The summed E-state index contributed by atoms with van der Waals surface area (Å²) < 4.78 is 15.9. The molecule has 4 aromatic rings. The van der Waals surface area contributed by atoms with E-state index in [9.17, 15) is 4.79 Å². The van der Waals surface area contributed by atoms with Gasteiger partial charge in [0, 0.05) is 35.8 Å². The number of ether oxygens (including phenoxy) is 2. The smallest absolute Gasteiger partial charge is 0.368 e. The van der Waals surface area contributed by atoms with E-state index in [1.54, 1.807) is 22.9 Å². The van der Waals surface area contributed by atoms with Gasteiger partial charge in [0.1, 0.15) is 12.4 Å². The molecule has 0 atom stereocenters. The number of aromatic nitrogens is 6. The van der Waals surface area contributed by atoms with Crippen molar-refractivity contribution in [2.45, 2.75) is 27.4 Å². The molecule has 0 fully saturated rings. The molecule has 0 saturated carbocycles. The van der Waals surface area contributed by atoms with Gasteiger partial charge in [-0.15, -0.1) is 0 Å². The van der Waals surface area contributed by atoms with E-state index >= 15 is 0 Å². The molecule has 0 radical (unpaired) electrons. The third kappa shape index (κ3) is 4.23. The third-order valence-corrected chi connectivity index (χ3v) is 5.72. The van der Waals surface area contributed by atoms with Gasteiger partial charge in [0.25, 0.3) is 0 Å². The number of rotatable bonds is 7. The lowest BCUT2D eigenvalue weighted by molar-refractivity contribution is 0.303. The number of benzene rings is 2. The van der Waals surface area contributed by atoms with Crippen LogP contribution < -0.4 is 15.2 Å². The Morgan fingerprint density at radius 3 is 2.48 bits per heavy atom. The summed E-state index contributed by atoms with van der Waals surface area (Å²) in [5.41, 5.74) is 4.59. The molecule has 2 aromatic carbocycles. The van der Waals surface area contributed by atoms with Gasteiger partial charge >= 0.3 is 5.69 Å². The average Bonchev–Trinajstić information content (AvgIpc) is 3.27. The van der Waals surface area contributed by atoms with E-state index in [2.05, 4.69) is 15.5 Å². The molecule has 2 heterocycles. The minimum atomic E-state index is -0.365. The summed E-state index contributed by atoms with van der Waals surface area (Å²) in [5.74, 6) is 1.46. The number of hydrogen-bond acceptors (Lipinski definition) is 6. The maximum atomic E-state index is 12.3. The summed E-state index contributed by atoms with van der Waals surface area (Å²) in [6.45, 7) is 6.67. The van der Waals surface area contributed by atoms with Gasteiger partial charge in [-0.05, 0) is 67.1 Å². The molecule has 0 aliphatic heterocycles. The molecule has 2 aromatic heterocycles. The van der Waals surface area contributed by atoms with Crippen LogP contribution in [0.25, 0.3) is 16.9 Å². The summed E-state index contributed by atoms with van der Waals surface area (Å²) in [4.78, 5) is 12.3. The molecule has 10 heteroatoms. The highest BCUT2D eigenvalue weighted by molar-refractivity contribution is 6.31. The first kappa shape index (κ1) is 22.6. The fourth-order valence-electron chi connectivity index (χ4n) is 3.69. The number of nitrogens with zero attached hydrogens (tertiary/aromatic N) is 6. The quantitative estimate of drug-likeness (QED) is 0.411. The van der Waals surface area contributed by atoms with Crippen molar-refractivity contribution < 1.29 is 9.47 Å². The highest BCUT2D eigenvalue weighted by Crippen LogP contribution is 2.32. The van der Waals surface area contributed by atoms with Gasteiger partial charge in [-0.3, -0.25) is 0 Å². The third-order valence-electron chi connectivity index (χ3n) is 5.37. The van der Waals surface area contributed by atoms with Gasteiger partial charge < -0.3 is 9.47 Å². The first-order valence-electron chi connectivity index (χ1n) is 10.5. The molecule has 0 aliphatic rings. The van der Waals surface area contributed by atoms with Gasteiger partial charge in [0.2, 0.25) is 5.88 Å². The Morgan fingerprint density at radius 2 is 1.82 bits per heavy atom. The van der Waals surface area contributed by atoms with Crippen molar-refractivity contribution in [1.29, 1.82) is 0 Å². The molecule has 0 unspecified atom stereocenters. The van der Waals surface area contributed by atoms with Gasteiger partial charge in [-0.25, -0.2) is 9.48 Å². The number of halogens is 1. The van der Waals surface area contributed by atoms with E-state index in [-0.39, 0.29) is 12.3 Å². The predicted molar refractivity (Wildman–Crippen MR) is 125 cm³/mol. The van der Waals surface area contributed by atoms with Crippen LogP contribution in [0.4, 0.5) is 0 Å². The van der Waals surface area contributed by atoms with Gasteiger partial charge in [-0.2, -0.15) is 14.5 Å². The molecule has 0 bridgehead atoms. The predicted octanol–water partition coefficient (Wildman–Crippen LogP) is 3.61. The monoisotopic (exact) mass is 468 g/mol. The second kappa shape index (κ2) is 9.11. The van der Waals surface area contributed by atoms with Gasteiger partial charge in [0.15, 0.2) is 0 Å². The van der Waals surface area contributed by atoms with E-state index in [1.807, 2.05) is 46.0 Å². The summed E-state index contributed by atoms with van der Waals surface area (Å²) in [6.07, 6.45) is 0. The highest BCUT2D eigenvalue weighted by atomic mass is 35.5. The number of aryl methyl sites for hydroxylation is 3. The van der Waals surface area contributed by atoms with E-state index in [1.165, 1.54) is 11.7 Å². The van der Waals surface area contributed by atoms with Crippen LogP contribution in [0.1, 0.15) is 23.6 Å². The minimum Gasteiger partial charge on any atom is -0.488 e. The van der Waals surface area contributed by atoms with Gasteiger partial charge in [0.05, 0.1) is 18.0 Å². The Kier molecular flexibility index (Phi) is 6.24. The minimum absolute atomic E-state index is 0.162. The Morgan fingerprint density at radius 1 is 1.03 bits per heavy atom. The van der Waals surface area contributed by atoms with Crippen LogP contribution >= 0.6 is 11.6 Å². The molecule has 4 rings (SSSR count). The van der Waals surface area contributed by atoms with Crippen LogP contribution in [0.2, 0.25) is 5.02 Å². The van der Waals surface area contributed by atoms with Crippen LogP contribution in [0, 0.1) is 13.8 Å². The van der Waals surface area contributed by atoms with Crippen molar-refractivity contribution in [2.24, 2.45) is 14.1 Å². The van der Waals surface area contributed by atoms with E-state index in [4.69, 9.17) is 21.1 Å². The Hall–Kier alpha value is -3.59. The van der Waals surface area contributed by atoms with Crippen LogP contribution in [0.5, 0.6) is 11.6 Å². The molecule has 172 valence electrons. The maximum Gasteiger partial charge on any atom is 0.368 e. The van der Waals surface area contributed by atoms with Crippen molar-refractivity contribution in [3.63, 3.8) is 0 Å². The molecule has 0 saturated heterocycles. The molecule has 9 nitrogen and oxygen atoms in total. The summed E-state index contributed by atoms with van der Waals surface area (Å²) in [7, 11) is 3.41. The maximum absolute atomic E-state index is 12.3. The Balaban J connectivity index is 1.61. The van der Waals surface area contributed by atoms with Crippen molar-refractivity contribution in [1.82, 2.24) is 29.6 Å². The molecule has 0 spiro atoms. The van der Waals surface area contributed by atoms with E-state index < -0.39 is 0 Å². The largest absolute Gasteiger partial charge is 0.488 e. The standard InChI is InChI=1S/C23H25ClN6O3/c1-6-32-22-15(3)21(25-28(22)4)16-10-11-20(14(2)12-16)33-13-17-18(24)8-7-9-19(17)30-23(31)29(5)26-27-30/h7-12H,6,13H2,1-5H3. The average molecular weight is 469 g/mol. The second-order valence-electron chi connectivity index (χ2n) is 7.64. The lowest BCUT2D eigenvalue weighted by atomic mass is 10.1. The zero-order chi connectivity index (χ0) is 23.7. The van der Waals surface area contributed by atoms with Crippen LogP contribution in [-0.4, -0.2) is 36.2 Å². The van der Waals surface area contributed by atoms with Crippen molar-refractivity contribution in [2.75, 3.05) is 6.61 Å². The van der Waals surface area contributed by atoms with Crippen molar-refractivity contribution in [3.8, 4) is 28.6 Å².